The first kappa shape index (κ1) is 28.8. The van der Waals surface area contributed by atoms with E-state index in [1.54, 1.807) is 61.5 Å². The number of likely N-dealkylation sites (N-methyl/N-ethyl adjacent to an activating group) is 1. The third-order valence-corrected chi connectivity index (χ3v) is 7.97. The second kappa shape index (κ2) is 12.7. The number of nitrogens with zero attached hydrogens (tertiary/aromatic N) is 2. The van der Waals surface area contributed by atoms with Crippen LogP contribution in [-0.2, 0) is 26.2 Å². The Hall–Kier alpha value is -3.76. The zero-order valence-electron chi connectivity index (χ0n) is 21.5. The number of rotatable bonds is 11. The molecule has 202 valence electrons. The zero-order valence-corrected chi connectivity index (χ0v) is 23.1. The minimum absolute atomic E-state index is 0.0127. The number of ether oxygens (including phenoxy) is 2. The van der Waals surface area contributed by atoms with E-state index < -0.39 is 34.4 Å². The quantitative estimate of drug-likeness (QED) is 0.384. The topological polar surface area (TPSA) is 105 Å². The third-order valence-electron chi connectivity index (χ3n) is 5.94. The number of methoxy groups -OCH3 is 2. The van der Waals surface area contributed by atoms with Crippen molar-refractivity contribution in [2.45, 2.75) is 24.4 Å². The van der Waals surface area contributed by atoms with Gasteiger partial charge in [-0.15, -0.1) is 0 Å². The largest absolute Gasteiger partial charge is 0.497 e. The SMILES string of the molecule is CNC(=O)[C@H](C)N(Cc1ccc(Cl)cc1)C(=O)CN(c1cc(OC)ccc1OC)S(=O)(=O)c1ccccc1. The molecule has 9 nitrogen and oxygen atoms in total. The van der Waals surface area contributed by atoms with Crippen LogP contribution < -0.4 is 19.1 Å². The molecule has 0 saturated carbocycles. The summed E-state index contributed by atoms with van der Waals surface area (Å²) in [6, 6.07) is 18.4. The standard InChI is InChI=1S/C27H30ClN3O6S/c1-19(27(33)29-2)30(17-20-10-12-21(28)13-11-20)26(32)18-31(38(34,35)23-8-6-5-7-9-23)24-16-22(36-3)14-15-25(24)37-4/h5-16,19H,17-18H2,1-4H3,(H,29,33)/t19-/m0/s1. The van der Waals surface area contributed by atoms with Crippen molar-refractivity contribution in [2.24, 2.45) is 0 Å². The monoisotopic (exact) mass is 559 g/mol. The van der Waals surface area contributed by atoms with Gasteiger partial charge in [0, 0.05) is 24.7 Å². The molecule has 0 bridgehead atoms. The summed E-state index contributed by atoms with van der Waals surface area (Å²) in [5.41, 5.74) is 0.832. The number of benzene rings is 3. The highest BCUT2D eigenvalue weighted by atomic mass is 35.5. The molecule has 0 spiro atoms. The molecular formula is C27H30ClN3O6S. The van der Waals surface area contributed by atoms with E-state index in [9.17, 15) is 18.0 Å². The van der Waals surface area contributed by atoms with Gasteiger partial charge >= 0.3 is 0 Å². The number of carbonyl (C=O) groups excluding carboxylic acids is 2. The van der Waals surface area contributed by atoms with Crippen molar-refractivity contribution >= 4 is 39.1 Å². The number of carbonyl (C=O) groups is 2. The Kier molecular flexibility index (Phi) is 9.60. The first-order valence-corrected chi connectivity index (χ1v) is 13.5. The average molecular weight is 560 g/mol. The van der Waals surface area contributed by atoms with Crippen LogP contribution in [0.5, 0.6) is 11.5 Å². The van der Waals surface area contributed by atoms with Crippen molar-refractivity contribution in [3.05, 3.63) is 83.4 Å². The molecule has 1 atom stereocenters. The van der Waals surface area contributed by atoms with E-state index in [0.29, 0.717) is 10.8 Å². The van der Waals surface area contributed by atoms with E-state index in [1.165, 1.54) is 44.4 Å². The maximum atomic E-state index is 13.9. The van der Waals surface area contributed by atoms with Gasteiger partial charge < -0.3 is 19.7 Å². The molecule has 0 fully saturated rings. The van der Waals surface area contributed by atoms with Gasteiger partial charge in [0.25, 0.3) is 10.0 Å². The summed E-state index contributed by atoms with van der Waals surface area (Å²) >= 11 is 6.00. The van der Waals surface area contributed by atoms with Gasteiger partial charge in [0.15, 0.2) is 0 Å². The molecule has 11 heteroatoms. The van der Waals surface area contributed by atoms with Crippen LogP contribution in [0.4, 0.5) is 5.69 Å². The molecule has 0 aliphatic heterocycles. The zero-order chi connectivity index (χ0) is 27.9. The Morgan fingerprint density at radius 1 is 0.974 bits per heavy atom. The second-order valence-corrected chi connectivity index (χ2v) is 10.6. The summed E-state index contributed by atoms with van der Waals surface area (Å²) < 4.78 is 39.5. The summed E-state index contributed by atoms with van der Waals surface area (Å²) in [6.45, 7) is 1.03. The van der Waals surface area contributed by atoms with E-state index in [4.69, 9.17) is 21.1 Å². The highest BCUT2D eigenvalue weighted by Gasteiger charge is 2.33. The van der Waals surface area contributed by atoms with Crippen LogP contribution in [0.2, 0.25) is 5.02 Å². The van der Waals surface area contributed by atoms with E-state index in [0.717, 1.165) is 9.87 Å². The fourth-order valence-electron chi connectivity index (χ4n) is 3.80. The third kappa shape index (κ3) is 6.56. The van der Waals surface area contributed by atoms with Crippen LogP contribution in [-0.4, -0.2) is 59.0 Å². The Bertz CT molecular complexity index is 1370. The van der Waals surface area contributed by atoms with Crippen LogP contribution in [0.25, 0.3) is 0 Å². The summed E-state index contributed by atoms with van der Waals surface area (Å²) in [4.78, 5) is 27.7. The number of anilines is 1. The van der Waals surface area contributed by atoms with Crippen molar-refractivity contribution in [2.75, 3.05) is 32.1 Å². The Balaban J connectivity index is 2.10. The molecule has 0 heterocycles. The summed E-state index contributed by atoms with van der Waals surface area (Å²) in [5.74, 6) is -0.399. The van der Waals surface area contributed by atoms with Gasteiger partial charge in [-0.1, -0.05) is 41.9 Å². The Morgan fingerprint density at radius 3 is 2.21 bits per heavy atom. The number of halogens is 1. The van der Waals surface area contributed by atoms with Crippen molar-refractivity contribution in [1.29, 1.82) is 0 Å². The molecule has 0 aliphatic rings. The Labute approximate surface area is 228 Å². The van der Waals surface area contributed by atoms with Crippen molar-refractivity contribution in [1.82, 2.24) is 10.2 Å². The molecule has 1 N–H and O–H groups in total. The number of hydrogen-bond acceptors (Lipinski definition) is 6. The van der Waals surface area contributed by atoms with Crippen molar-refractivity contribution < 1.29 is 27.5 Å². The molecule has 2 amide bonds. The predicted octanol–water partition coefficient (Wildman–Crippen LogP) is 3.72. The first-order chi connectivity index (χ1) is 18.1. The molecule has 3 rings (SSSR count). The molecule has 3 aromatic carbocycles. The minimum atomic E-state index is -4.24. The fraction of sp³-hybridized carbons (Fsp3) is 0.259. The first-order valence-electron chi connectivity index (χ1n) is 11.7. The van der Waals surface area contributed by atoms with Gasteiger partial charge in [0.05, 0.1) is 24.8 Å². The van der Waals surface area contributed by atoms with Crippen LogP contribution >= 0.6 is 11.6 Å². The van der Waals surface area contributed by atoms with Crippen molar-refractivity contribution in [3.8, 4) is 11.5 Å². The maximum absolute atomic E-state index is 13.9. The lowest BCUT2D eigenvalue weighted by molar-refractivity contribution is -0.139. The van der Waals surface area contributed by atoms with Crippen LogP contribution in [0, 0.1) is 0 Å². The molecule has 38 heavy (non-hydrogen) atoms. The molecule has 3 aromatic rings. The van der Waals surface area contributed by atoms with E-state index in [2.05, 4.69) is 5.32 Å². The van der Waals surface area contributed by atoms with Gasteiger partial charge in [0.2, 0.25) is 11.8 Å². The number of amides is 2. The lowest BCUT2D eigenvalue weighted by atomic mass is 10.1. The fourth-order valence-corrected chi connectivity index (χ4v) is 5.37. The van der Waals surface area contributed by atoms with Crippen LogP contribution in [0.1, 0.15) is 12.5 Å². The van der Waals surface area contributed by atoms with Gasteiger partial charge in [-0.05, 0) is 48.9 Å². The van der Waals surface area contributed by atoms with Crippen LogP contribution in [0.15, 0.2) is 77.7 Å². The highest BCUT2D eigenvalue weighted by molar-refractivity contribution is 7.92. The number of nitrogens with one attached hydrogen (secondary N) is 1. The lowest BCUT2D eigenvalue weighted by Gasteiger charge is -2.32. The van der Waals surface area contributed by atoms with E-state index in [-0.39, 0.29) is 22.9 Å². The molecule has 0 aromatic heterocycles. The number of sulfonamides is 1. The summed E-state index contributed by atoms with van der Waals surface area (Å²) in [6.07, 6.45) is 0. The molecule has 0 unspecified atom stereocenters. The lowest BCUT2D eigenvalue weighted by Crippen LogP contribution is -2.50. The van der Waals surface area contributed by atoms with E-state index >= 15 is 0 Å². The van der Waals surface area contributed by atoms with Gasteiger partial charge in [-0.25, -0.2) is 8.42 Å². The molecule has 0 saturated heterocycles. The molecule has 0 aliphatic carbocycles. The minimum Gasteiger partial charge on any atom is -0.497 e. The number of hydrogen-bond donors (Lipinski definition) is 1. The average Bonchev–Trinajstić information content (AvgIpc) is 2.94. The van der Waals surface area contributed by atoms with Gasteiger partial charge in [-0.2, -0.15) is 0 Å². The predicted molar refractivity (Wildman–Crippen MR) is 146 cm³/mol. The molecular weight excluding hydrogens is 530 g/mol. The smallest absolute Gasteiger partial charge is 0.264 e. The van der Waals surface area contributed by atoms with Crippen molar-refractivity contribution in [3.63, 3.8) is 0 Å². The van der Waals surface area contributed by atoms with Crippen LogP contribution in [0.3, 0.4) is 0 Å². The highest BCUT2D eigenvalue weighted by Crippen LogP contribution is 2.36. The van der Waals surface area contributed by atoms with Gasteiger partial charge in [0.1, 0.15) is 24.1 Å². The Morgan fingerprint density at radius 2 is 1.63 bits per heavy atom. The summed E-state index contributed by atoms with van der Waals surface area (Å²) in [5, 5.41) is 3.07. The maximum Gasteiger partial charge on any atom is 0.264 e. The normalized spacial score (nSPS) is 11.8. The second-order valence-electron chi connectivity index (χ2n) is 8.30. The van der Waals surface area contributed by atoms with E-state index in [1.807, 2.05) is 0 Å². The molecule has 0 radical (unpaired) electrons. The summed E-state index contributed by atoms with van der Waals surface area (Å²) in [7, 11) is 0.0851. The van der Waals surface area contributed by atoms with Gasteiger partial charge in [-0.3, -0.25) is 13.9 Å².